The Balaban J connectivity index is 1.54. The molecule has 1 fully saturated rings. The highest BCUT2D eigenvalue weighted by atomic mass is 19.4. The Kier molecular flexibility index (Phi) is 9.86. The van der Waals surface area contributed by atoms with Gasteiger partial charge in [-0.2, -0.15) is 13.2 Å². The first-order valence-corrected chi connectivity index (χ1v) is 15.2. The normalized spacial score (nSPS) is 14.5. The maximum Gasteiger partial charge on any atom is 0.419 e. The van der Waals surface area contributed by atoms with Crippen LogP contribution in [0.25, 0.3) is 16.6 Å². The molecular weight excluding hydrogens is 588 g/mol. The van der Waals surface area contributed by atoms with E-state index in [1.807, 2.05) is 6.92 Å². The quantitative estimate of drug-likeness (QED) is 0.177. The van der Waals surface area contributed by atoms with Gasteiger partial charge in [0.2, 0.25) is 5.91 Å². The van der Waals surface area contributed by atoms with Gasteiger partial charge in [-0.1, -0.05) is 18.2 Å². The molecule has 7 nitrogen and oxygen atoms in total. The average Bonchev–Trinajstić information content (AvgIpc) is 3.54. The number of benzene rings is 3. The molecule has 0 spiro atoms. The number of fused-ring (bicyclic) bond motifs is 1. The third kappa shape index (κ3) is 7.36. The molecule has 1 amide bonds. The second-order valence-electron chi connectivity index (χ2n) is 11.2. The van der Waals surface area contributed by atoms with Crippen LogP contribution in [0.15, 0.2) is 71.5 Å². The van der Waals surface area contributed by atoms with Crippen molar-refractivity contribution in [2.45, 2.75) is 51.7 Å². The van der Waals surface area contributed by atoms with Gasteiger partial charge in [-0.3, -0.25) is 14.2 Å². The number of alkyl halides is 3. The van der Waals surface area contributed by atoms with Crippen LogP contribution in [0, 0.1) is 5.82 Å². The lowest BCUT2D eigenvalue weighted by Gasteiger charge is -2.31. The SMILES string of the molecule is CCOc1ccc(-n2c(C(C)N(CCCN3CCCC3)C(=O)Cc3ccc(F)c(C(F)(F)F)c3)nc3ccccc3c2=O)cc1. The maximum absolute atomic E-state index is 14.0. The van der Waals surface area contributed by atoms with Crippen molar-refractivity contribution >= 4 is 16.8 Å². The molecule has 5 rings (SSSR count). The zero-order valence-electron chi connectivity index (χ0n) is 25.3. The number of hydrogen-bond acceptors (Lipinski definition) is 5. The van der Waals surface area contributed by atoms with E-state index >= 15 is 0 Å². The summed E-state index contributed by atoms with van der Waals surface area (Å²) in [7, 11) is 0. The van der Waals surface area contributed by atoms with E-state index in [0.29, 0.717) is 47.3 Å². The minimum absolute atomic E-state index is 0.0424. The van der Waals surface area contributed by atoms with Crippen molar-refractivity contribution in [2.24, 2.45) is 0 Å². The fourth-order valence-electron chi connectivity index (χ4n) is 5.86. The highest BCUT2D eigenvalue weighted by molar-refractivity contribution is 5.80. The molecule has 11 heteroatoms. The Morgan fingerprint density at radius 3 is 2.44 bits per heavy atom. The van der Waals surface area contributed by atoms with E-state index in [2.05, 4.69) is 4.90 Å². The molecule has 238 valence electrons. The summed E-state index contributed by atoms with van der Waals surface area (Å²) in [6, 6.07) is 15.8. The second kappa shape index (κ2) is 13.8. The zero-order chi connectivity index (χ0) is 32.1. The van der Waals surface area contributed by atoms with E-state index in [1.54, 1.807) is 60.4 Å². The largest absolute Gasteiger partial charge is 0.494 e. The molecule has 1 aliphatic heterocycles. The number of para-hydroxylation sites is 1. The summed E-state index contributed by atoms with van der Waals surface area (Å²) in [5.41, 5.74) is -0.696. The minimum Gasteiger partial charge on any atom is -0.494 e. The Labute approximate surface area is 259 Å². The van der Waals surface area contributed by atoms with Crippen LogP contribution < -0.4 is 10.3 Å². The molecule has 1 unspecified atom stereocenters. The van der Waals surface area contributed by atoms with Gasteiger partial charge in [0, 0.05) is 6.54 Å². The Hall–Kier alpha value is -4.25. The lowest BCUT2D eigenvalue weighted by Crippen LogP contribution is -2.39. The Morgan fingerprint density at radius 1 is 1.04 bits per heavy atom. The van der Waals surface area contributed by atoms with E-state index < -0.39 is 29.5 Å². The van der Waals surface area contributed by atoms with Crippen molar-refractivity contribution in [3.05, 3.63) is 99.9 Å². The summed E-state index contributed by atoms with van der Waals surface area (Å²) >= 11 is 0. The van der Waals surface area contributed by atoms with E-state index in [0.717, 1.165) is 38.5 Å². The summed E-state index contributed by atoms with van der Waals surface area (Å²) in [6.45, 7) is 7.10. The molecule has 0 saturated carbocycles. The number of ether oxygens (including phenoxy) is 1. The van der Waals surface area contributed by atoms with Crippen molar-refractivity contribution in [2.75, 3.05) is 32.8 Å². The van der Waals surface area contributed by atoms with E-state index in [9.17, 15) is 27.2 Å². The molecule has 0 bridgehead atoms. The molecule has 1 aliphatic rings. The molecule has 0 N–H and O–H groups in total. The van der Waals surface area contributed by atoms with Crippen LogP contribution in [0.2, 0.25) is 0 Å². The van der Waals surface area contributed by atoms with E-state index in [1.165, 1.54) is 10.6 Å². The predicted octanol–water partition coefficient (Wildman–Crippen LogP) is 6.56. The van der Waals surface area contributed by atoms with Gasteiger partial charge < -0.3 is 14.5 Å². The molecule has 1 atom stereocenters. The second-order valence-corrected chi connectivity index (χ2v) is 11.2. The van der Waals surface area contributed by atoms with E-state index in [4.69, 9.17) is 9.72 Å². The third-order valence-corrected chi connectivity index (χ3v) is 8.13. The molecule has 45 heavy (non-hydrogen) atoms. The van der Waals surface area contributed by atoms with Crippen LogP contribution >= 0.6 is 0 Å². The highest BCUT2D eigenvalue weighted by Gasteiger charge is 2.35. The first kappa shape index (κ1) is 32.2. The lowest BCUT2D eigenvalue weighted by molar-refractivity contribution is -0.140. The minimum atomic E-state index is -4.89. The molecule has 1 saturated heterocycles. The molecule has 1 aromatic heterocycles. The Morgan fingerprint density at radius 2 is 1.76 bits per heavy atom. The number of aromatic nitrogens is 2. The van der Waals surface area contributed by atoms with Gasteiger partial charge in [-0.15, -0.1) is 0 Å². The number of nitrogens with zero attached hydrogens (tertiary/aromatic N) is 4. The number of halogens is 4. The number of rotatable bonds is 11. The highest BCUT2D eigenvalue weighted by Crippen LogP contribution is 2.32. The van der Waals surface area contributed by atoms with Crippen LogP contribution in [-0.2, 0) is 17.4 Å². The van der Waals surface area contributed by atoms with Crippen LogP contribution in [0.3, 0.4) is 0 Å². The van der Waals surface area contributed by atoms with Crippen molar-refractivity contribution < 1.29 is 27.1 Å². The number of carbonyl (C=O) groups excluding carboxylic acids is 1. The van der Waals surface area contributed by atoms with E-state index in [-0.39, 0.29) is 24.1 Å². The number of hydrogen-bond donors (Lipinski definition) is 0. The van der Waals surface area contributed by atoms with Gasteiger partial charge in [0.1, 0.15) is 17.4 Å². The molecular formula is C34H36F4N4O3. The van der Waals surface area contributed by atoms with Crippen LogP contribution in [0.4, 0.5) is 17.6 Å². The molecule has 4 aromatic rings. The van der Waals surface area contributed by atoms with Gasteiger partial charge in [0.05, 0.1) is 41.2 Å². The van der Waals surface area contributed by atoms with Crippen molar-refractivity contribution in [1.82, 2.24) is 19.4 Å². The molecule has 0 aliphatic carbocycles. The standard InChI is InChI=1S/C34H36F4N4O3/c1-3-45-26-14-12-25(13-15-26)42-32(39-30-10-5-4-9-27(30)33(42)44)23(2)41(20-8-19-40-17-6-7-18-40)31(43)22-24-11-16-29(35)28(21-24)34(36,37)38/h4-5,9-16,21,23H,3,6-8,17-20,22H2,1-2H3. The van der Waals surface area contributed by atoms with Crippen LogP contribution in [0.5, 0.6) is 5.75 Å². The van der Waals surface area contributed by atoms with Crippen LogP contribution in [0.1, 0.15) is 56.1 Å². The average molecular weight is 625 g/mol. The molecule has 2 heterocycles. The van der Waals surface area contributed by atoms with Gasteiger partial charge in [-0.05, 0) is 107 Å². The number of amides is 1. The van der Waals surface area contributed by atoms with Crippen molar-refractivity contribution in [3.8, 4) is 11.4 Å². The summed E-state index contributed by atoms with van der Waals surface area (Å²) < 4.78 is 61.4. The van der Waals surface area contributed by atoms with Gasteiger partial charge >= 0.3 is 6.18 Å². The van der Waals surface area contributed by atoms with Gasteiger partial charge in [0.25, 0.3) is 5.56 Å². The maximum atomic E-state index is 14.0. The first-order valence-electron chi connectivity index (χ1n) is 15.2. The topological polar surface area (TPSA) is 67.7 Å². The fraction of sp³-hybridized carbons (Fsp3) is 0.382. The first-order chi connectivity index (χ1) is 21.6. The predicted molar refractivity (Wildman–Crippen MR) is 164 cm³/mol. The number of likely N-dealkylation sites (tertiary alicyclic amines) is 1. The van der Waals surface area contributed by atoms with Gasteiger partial charge in [0.15, 0.2) is 0 Å². The monoisotopic (exact) mass is 624 g/mol. The summed E-state index contributed by atoms with van der Waals surface area (Å²) in [4.78, 5) is 36.6. The third-order valence-electron chi connectivity index (χ3n) is 8.13. The number of carbonyl (C=O) groups is 1. The lowest BCUT2D eigenvalue weighted by atomic mass is 10.1. The summed E-state index contributed by atoms with van der Waals surface area (Å²) in [5.74, 6) is -0.903. The van der Waals surface area contributed by atoms with Gasteiger partial charge in [-0.25, -0.2) is 9.37 Å². The van der Waals surface area contributed by atoms with Crippen molar-refractivity contribution in [1.29, 1.82) is 0 Å². The molecule has 0 radical (unpaired) electrons. The summed E-state index contributed by atoms with van der Waals surface area (Å²) in [6.07, 6.45) is -2.43. The Bertz CT molecular complexity index is 1700. The smallest absolute Gasteiger partial charge is 0.419 e. The fourth-order valence-corrected chi connectivity index (χ4v) is 5.86. The molecule has 3 aromatic carbocycles. The van der Waals surface area contributed by atoms with Crippen LogP contribution in [-0.4, -0.2) is 58.0 Å². The zero-order valence-corrected chi connectivity index (χ0v) is 25.3. The van der Waals surface area contributed by atoms with Crippen molar-refractivity contribution in [3.63, 3.8) is 0 Å². The summed E-state index contributed by atoms with van der Waals surface area (Å²) in [5, 5.41) is 0.403.